The van der Waals surface area contributed by atoms with Crippen molar-refractivity contribution in [1.82, 2.24) is 4.98 Å². The highest BCUT2D eigenvalue weighted by atomic mass is 32.2. The van der Waals surface area contributed by atoms with Crippen molar-refractivity contribution < 1.29 is 8.42 Å². The summed E-state index contributed by atoms with van der Waals surface area (Å²) < 4.78 is 22.5. The van der Waals surface area contributed by atoms with Gasteiger partial charge in [-0.3, -0.25) is 0 Å². The lowest BCUT2D eigenvalue weighted by molar-refractivity contribution is 0.559. The van der Waals surface area contributed by atoms with Gasteiger partial charge in [-0.1, -0.05) is 6.07 Å². The minimum Gasteiger partial charge on any atom is -0.367 e. The minimum absolute atomic E-state index is 0.234. The van der Waals surface area contributed by atoms with Gasteiger partial charge in [0.15, 0.2) is 0 Å². The first-order chi connectivity index (χ1) is 7.55. The molecule has 2 heterocycles. The lowest BCUT2D eigenvalue weighted by atomic mass is 10.1. The summed E-state index contributed by atoms with van der Waals surface area (Å²) in [5.41, 5.74) is 0.966. The Balaban J connectivity index is 1.97. The molecule has 2 rings (SSSR count). The van der Waals surface area contributed by atoms with Crippen molar-refractivity contribution in [2.24, 2.45) is 0 Å². The molecule has 0 radical (unpaired) electrons. The van der Waals surface area contributed by atoms with Crippen LogP contribution in [0.25, 0.3) is 0 Å². The number of hydrogen-bond acceptors (Lipinski definition) is 4. The molecule has 1 aliphatic heterocycles. The van der Waals surface area contributed by atoms with E-state index in [0.717, 1.165) is 11.5 Å². The van der Waals surface area contributed by atoms with Crippen LogP contribution in [0.5, 0.6) is 0 Å². The number of anilines is 1. The third-order valence-corrected chi connectivity index (χ3v) is 4.51. The van der Waals surface area contributed by atoms with Crippen LogP contribution in [0.15, 0.2) is 18.2 Å². The van der Waals surface area contributed by atoms with E-state index in [1.165, 1.54) is 0 Å². The Hall–Kier alpha value is -1.10. The summed E-state index contributed by atoms with van der Waals surface area (Å²) in [6.45, 7) is 1.94. The van der Waals surface area contributed by atoms with E-state index >= 15 is 0 Å². The molecular formula is C11H16N2O2S. The van der Waals surface area contributed by atoms with Crippen molar-refractivity contribution in [2.75, 3.05) is 16.8 Å². The van der Waals surface area contributed by atoms with E-state index < -0.39 is 9.84 Å². The van der Waals surface area contributed by atoms with Crippen molar-refractivity contribution in [1.29, 1.82) is 0 Å². The summed E-state index contributed by atoms with van der Waals surface area (Å²) in [5, 5.41) is 3.28. The fraction of sp³-hybridized carbons (Fsp3) is 0.545. The Bertz CT molecular complexity index is 457. The average Bonchev–Trinajstić information content (AvgIpc) is 2.21. The fourth-order valence-corrected chi connectivity index (χ4v) is 3.36. The molecule has 0 aliphatic carbocycles. The van der Waals surface area contributed by atoms with E-state index in [1.807, 2.05) is 25.1 Å². The van der Waals surface area contributed by atoms with E-state index in [4.69, 9.17) is 0 Å². The second-order valence-electron chi connectivity index (χ2n) is 4.23. The molecule has 5 heteroatoms. The molecule has 0 aromatic carbocycles. The molecule has 0 unspecified atom stereocenters. The molecule has 1 aromatic rings. The summed E-state index contributed by atoms with van der Waals surface area (Å²) in [5.74, 6) is 1.41. The van der Waals surface area contributed by atoms with E-state index in [1.54, 1.807) is 0 Å². The summed E-state index contributed by atoms with van der Waals surface area (Å²) in [4.78, 5) is 4.34. The second-order valence-corrected chi connectivity index (χ2v) is 6.54. The zero-order valence-corrected chi connectivity index (χ0v) is 10.1. The van der Waals surface area contributed by atoms with Gasteiger partial charge in [-0.05, 0) is 31.9 Å². The number of hydrogen-bond donors (Lipinski definition) is 1. The Morgan fingerprint density at radius 2 is 2.00 bits per heavy atom. The fourth-order valence-electron chi connectivity index (χ4n) is 1.87. The lowest BCUT2D eigenvalue weighted by Gasteiger charge is -2.23. The van der Waals surface area contributed by atoms with Gasteiger partial charge in [0.1, 0.15) is 15.7 Å². The number of sulfone groups is 1. The zero-order valence-electron chi connectivity index (χ0n) is 9.31. The molecule has 1 saturated heterocycles. The predicted molar refractivity (Wildman–Crippen MR) is 64.3 cm³/mol. The topological polar surface area (TPSA) is 59.1 Å². The van der Waals surface area contributed by atoms with Crippen LogP contribution in [0.1, 0.15) is 18.5 Å². The van der Waals surface area contributed by atoms with Gasteiger partial charge in [-0.25, -0.2) is 13.4 Å². The van der Waals surface area contributed by atoms with Crippen molar-refractivity contribution >= 4 is 15.7 Å². The lowest BCUT2D eigenvalue weighted by Crippen LogP contribution is -2.32. The summed E-state index contributed by atoms with van der Waals surface area (Å²) >= 11 is 0. The third-order valence-electron chi connectivity index (χ3n) is 2.79. The molecular weight excluding hydrogens is 224 g/mol. The predicted octanol–water partition coefficient (Wildman–Crippen LogP) is 1.38. The van der Waals surface area contributed by atoms with Gasteiger partial charge in [-0.2, -0.15) is 0 Å². The van der Waals surface area contributed by atoms with Crippen LogP contribution in [0.4, 0.5) is 5.82 Å². The van der Waals surface area contributed by atoms with Crippen LogP contribution in [0, 0.1) is 6.92 Å². The van der Waals surface area contributed by atoms with Crippen molar-refractivity contribution in [3.8, 4) is 0 Å². The molecule has 88 valence electrons. The van der Waals surface area contributed by atoms with Gasteiger partial charge in [0.2, 0.25) is 0 Å². The average molecular weight is 240 g/mol. The largest absolute Gasteiger partial charge is 0.367 e. The molecule has 4 nitrogen and oxygen atoms in total. The van der Waals surface area contributed by atoms with Gasteiger partial charge >= 0.3 is 0 Å². The van der Waals surface area contributed by atoms with E-state index in [0.29, 0.717) is 12.8 Å². The molecule has 0 bridgehead atoms. The maximum Gasteiger partial charge on any atom is 0.150 e. The Kier molecular flexibility index (Phi) is 3.14. The van der Waals surface area contributed by atoms with E-state index in [9.17, 15) is 8.42 Å². The van der Waals surface area contributed by atoms with Crippen LogP contribution in [-0.2, 0) is 9.84 Å². The summed E-state index contributed by atoms with van der Waals surface area (Å²) in [6.07, 6.45) is 1.36. The number of aryl methyl sites for hydroxylation is 1. The Labute approximate surface area is 96.0 Å². The molecule has 16 heavy (non-hydrogen) atoms. The van der Waals surface area contributed by atoms with Crippen LogP contribution < -0.4 is 5.32 Å². The Morgan fingerprint density at radius 1 is 1.31 bits per heavy atom. The van der Waals surface area contributed by atoms with Gasteiger partial charge in [0, 0.05) is 11.7 Å². The molecule has 1 aliphatic rings. The highest BCUT2D eigenvalue weighted by Gasteiger charge is 2.23. The van der Waals surface area contributed by atoms with Crippen LogP contribution in [0.3, 0.4) is 0 Å². The highest BCUT2D eigenvalue weighted by Crippen LogP contribution is 2.16. The van der Waals surface area contributed by atoms with E-state index in [-0.39, 0.29) is 17.5 Å². The monoisotopic (exact) mass is 240 g/mol. The van der Waals surface area contributed by atoms with Gasteiger partial charge < -0.3 is 5.32 Å². The van der Waals surface area contributed by atoms with Crippen molar-refractivity contribution in [2.45, 2.75) is 25.8 Å². The first kappa shape index (κ1) is 11.4. The number of nitrogens with zero attached hydrogens (tertiary/aromatic N) is 1. The van der Waals surface area contributed by atoms with Gasteiger partial charge in [-0.15, -0.1) is 0 Å². The van der Waals surface area contributed by atoms with E-state index in [2.05, 4.69) is 10.3 Å². The van der Waals surface area contributed by atoms with Crippen molar-refractivity contribution in [3.05, 3.63) is 23.9 Å². The van der Waals surface area contributed by atoms with Gasteiger partial charge in [0.25, 0.3) is 0 Å². The van der Waals surface area contributed by atoms with Crippen LogP contribution in [-0.4, -0.2) is 30.9 Å². The number of pyridine rings is 1. The zero-order chi connectivity index (χ0) is 11.6. The highest BCUT2D eigenvalue weighted by molar-refractivity contribution is 7.91. The molecule has 1 fully saturated rings. The van der Waals surface area contributed by atoms with Crippen LogP contribution >= 0.6 is 0 Å². The molecule has 0 spiro atoms. The van der Waals surface area contributed by atoms with Crippen molar-refractivity contribution in [3.63, 3.8) is 0 Å². The minimum atomic E-state index is -2.78. The number of rotatable bonds is 2. The SMILES string of the molecule is Cc1cccc(NC2CCS(=O)(=O)CC2)n1. The summed E-state index contributed by atoms with van der Waals surface area (Å²) in [6, 6.07) is 6.04. The first-order valence-corrected chi connectivity index (χ1v) is 7.28. The third kappa shape index (κ3) is 2.95. The standard InChI is InChI=1S/C11H16N2O2S/c1-9-3-2-4-11(12-9)13-10-5-7-16(14,15)8-6-10/h2-4,10H,5-8H2,1H3,(H,12,13). The smallest absolute Gasteiger partial charge is 0.150 e. The number of aromatic nitrogens is 1. The molecule has 1 aromatic heterocycles. The van der Waals surface area contributed by atoms with Crippen LogP contribution in [0.2, 0.25) is 0 Å². The number of nitrogens with one attached hydrogen (secondary N) is 1. The molecule has 0 saturated carbocycles. The molecule has 0 amide bonds. The maximum absolute atomic E-state index is 11.3. The second kappa shape index (κ2) is 4.41. The molecule has 0 atom stereocenters. The summed E-state index contributed by atoms with van der Waals surface area (Å²) in [7, 11) is -2.78. The quantitative estimate of drug-likeness (QED) is 0.848. The first-order valence-electron chi connectivity index (χ1n) is 5.46. The Morgan fingerprint density at radius 3 is 2.62 bits per heavy atom. The normalized spacial score (nSPS) is 20.6. The van der Waals surface area contributed by atoms with Gasteiger partial charge in [0.05, 0.1) is 11.5 Å². The maximum atomic E-state index is 11.3. The molecule has 1 N–H and O–H groups in total.